The summed E-state index contributed by atoms with van der Waals surface area (Å²) in [5.41, 5.74) is 1.43. The normalized spacial score (nSPS) is 20.2. The predicted molar refractivity (Wildman–Crippen MR) is 102 cm³/mol. The van der Waals surface area contributed by atoms with E-state index in [9.17, 15) is 9.59 Å². The van der Waals surface area contributed by atoms with Crippen molar-refractivity contribution in [3.05, 3.63) is 47.8 Å². The Bertz CT molecular complexity index is 816. The lowest BCUT2D eigenvalue weighted by Crippen LogP contribution is -2.49. The van der Waals surface area contributed by atoms with Crippen molar-refractivity contribution in [3.8, 4) is 0 Å². The Labute approximate surface area is 164 Å². The summed E-state index contributed by atoms with van der Waals surface area (Å²) in [5, 5.41) is 8.14. The molecule has 0 radical (unpaired) electrons. The SMILES string of the molecule is O=C(c1cn(Cc2ccccc2)nn1)N1CCC[C@@H](C(=O)N2CCOCC2)C1. The van der Waals surface area contributed by atoms with Gasteiger partial charge in [-0.3, -0.25) is 9.59 Å². The van der Waals surface area contributed by atoms with Gasteiger partial charge < -0.3 is 14.5 Å². The van der Waals surface area contributed by atoms with E-state index in [0.717, 1.165) is 18.4 Å². The van der Waals surface area contributed by atoms with Crippen molar-refractivity contribution in [2.45, 2.75) is 19.4 Å². The molecule has 148 valence electrons. The minimum atomic E-state index is -0.154. The Hall–Kier alpha value is -2.74. The average Bonchev–Trinajstić information content (AvgIpc) is 3.22. The van der Waals surface area contributed by atoms with Crippen LogP contribution in [0.3, 0.4) is 0 Å². The molecule has 4 rings (SSSR count). The first-order valence-electron chi connectivity index (χ1n) is 9.80. The molecule has 2 amide bonds. The van der Waals surface area contributed by atoms with Crippen LogP contribution in [-0.2, 0) is 16.1 Å². The molecule has 1 atom stereocenters. The topological polar surface area (TPSA) is 80.6 Å². The van der Waals surface area contributed by atoms with Crippen molar-refractivity contribution in [1.29, 1.82) is 0 Å². The molecule has 2 aliphatic heterocycles. The van der Waals surface area contributed by atoms with Gasteiger partial charge in [-0.05, 0) is 18.4 Å². The van der Waals surface area contributed by atoms with Gasteiger partial charge in [0.15, 0.2) is 5.69 Å². The molecule has 0 N–H and O–H groups in total. The highest BCUT2D eigenvalue weighted by atomic mass is 16.5. The molecule has 2 aromatic rings. The highest BCUT2D eigenvalue weighted by Crippen LogP contribution is 2.21. The molecular formula is C20H25N5O3. The zero-order chi connectivity index (χ0) is 19.3. The predicted octanol–water partition coefficient (Wildman–Crippen LogP) is 1.04. The zero-order valence-electron chi connectivity index (χ0n) is 15.9. The van der Waals surface area contributed by atoms with Crippen LogP contribution >= 0.6 is 0 Å². The fourth-order valence-corrected chi connectivity index (χ4v) is 3.81. The Balaban J connectivity index is 1.38. The van der Waals surface area contributed by atoms with Gasteiger partial charge in [-0.25, -0.2) is 4.68 Å². The number of carbonyl (C=O) groups is 2. The summed E-state index contributed by atoms with van der Waals surface area (Å²) in [6.45, 7) is 4.11. The third-order valence-electron chi connectivity index (χ3n) is 5.33. The standard InChI is InChI=1S/C20H25N5O3/c26-19(23-9-11-28-12-10-23)17-7-4-8-24(14-17)20(27)18-15-25(22-21-18)13-16-5-2-1-3-6-16/h1-3,5-6,15,17H,4,7-14H2/t17-/m1/s1. The summed E-state index contributed by atoms with van der Waals surface area (Å²) in [6.07, 6.45) is 3.33. The first-order valence-corrected chi connectivity index (χ1v) is 9.80. The summed E-state index contributed by atoms with van der Waals surface area (Å²) >= 11 is 0. The molecule has 28 heavy (non-hydrogen) atoms. The van der Waals surface area contributed by atoms with Crippen LogP contribution < -0.4 is 0 Å². The number of rotatable bonds is 4. The molecule has 8 nitrogen and oxygen atoms in total. The number of likely N-dealkylation sites (tertiary alicyclic amines) is 1. The molecule has 0 unspecified atom stereocenters. The van der Waals surface area contributed by atoms with Crippen LogP contribution in [0.4, 0.5) is 0 Å². The summed E-state index contributed by atoms with van der Waals surface area (Å²) in [6, 6.07) is 9.92. The number of piperidine rings is 1. The van der Waals surface area contributed by atoms with Gasteiger partial charge in [0.2, 0.25) is 5.91 Å². The number of amides is 2. The van der Waals surface area contributed by atoms with Gasteiger partial charge in [0, 0.05) is 26.2 Å². The van der Waals surface area contributed by atoms with Crippen LogP contribution in [-0.4, -0.2) is 76.0 Å². The van der Waals surface area contributed by atoms with Crippen LogP contribution in [0.25, 0.3) is 0 Å². The van der Waals surface area contributed by atoms with Crippen molar-refractivity contribution >= 4 is 11.8 Å². The second-order valence-corrected chi connectivity index (χ2v) is 7.31. The molecule has 2 aliphatic rings. The van der Waals surface area contributed by atoms with Crippen molar-refractivity contribution < 1.29 is 14.3 Å². The van der Waals surface area contributed by atoms with Crippen molar-refractivity contribution in [2.75, 3.05) is 39.4 Å². The van der Waals surface area contributed by atoms with Crippen LogP contribution in [0.15, 0.2) is 36.5 Å². The van der Waals surface area contributed by atoms with E-state index in [1.807, 2.05) is 35.2 Å². The summed E-state index contributed by atoms with van der Waals surface area (Å²) in [5.74, 6) is -0.164. The molecule has 0 aliphatic carbocycles. The van der Waals surface area contributed by atoms with E-state index >= 15 is 0 Å². The zero-order valence-corrected chi connectivity index (χ0v) is 15.9. The van der Waals surface area contributed by atoms with Gasteiger partial charge in [-0.2, -0.15) is 0 Å². The number of nitrogens with zero attached hydrogens (tertiary/aromatic N) is 5. The summed E-state index contributed by atoms with van der Waals surface area (Å²) in [4.78, 5) is 29.2. The Kier molecular flexibility index (Phi) is 5.66. The minimum Gasteiger partial charge on any atom is -0.378 e. The number of hydrogen-bond acceptors (Lipinski definition) is 5. The van der Waals surface area contributed by atoms with Crippen molar-refractivity contribution in [1.82, 2.24) is 24.8 Å². The first kappa shape index (κ1) is 18.6. The van der Waals surface area contributed by atoms with Gasteiger partial charge in [-0.1, -0.05) is 35.5 Å². The summed E-state index contributed by atoms with van der Waals surface area (Å²) in [7, 11) is 0. The molecule has 0 spiro atoms. The van der Waals surface area contributed by atoms with E-state index in [1.54, 1.807) is 15.8 Å². The molecule has 1 aromatic carbocycles. The van der Waals surface area contributed by atoms with E-state index in [1.165, 1.54) is 0 Å². The number of benzene rings is 1. The number of aromatic nitrogens is 3. The quantitative estimate of drug-likeness (QED) is 0.788. The smallest absolute Gasteiger partial charge is 0.276 e. The molecule has 3 heterocycles. The fourth-order valence-electron chi connectivity index (χ4n) is 3.81. The van der Waals surface area contributed by atoms with E-state index in [2.05, 4.69) is 10.3 Å². The summed E-state index contributed by atoms with van der Waals surface area (Å²) < 4.78 is 6.99. The Morgan fingerprint density at radius 1 is 1.07 bits per heavy atom. The monoisotopic (exact) mass is 383 g/mol. The average molecular weight is 383 g/mol. The third-order valence-corrected chi connectivity index (χ3v) is 5.33. The van der Waals surface area contributed by atoms with E-state index in [-0.39, 0.29) is 17.7 Å². The molecule has 0 saturated carbocycles. The van der Waals surface area contributed by atoms with Gasteiger partial charge in [-0.15, -0.1) is 5.10 Å². The fraction of sp³-hybridized carbons (Fsp3) is 0.500. The molecule has 8 heteroatoms. The van der Waals surface area contributed by atoms with Gasteiger partial charge in [0.1, 0.15) is 0 Å². The van der Waals surface area contributed by atoms with Gasteiger partial charge in [0.25, 0.3) is 5.91 Å². The van der Waals surface area contributed by atoms with E-state index in [4.69, 9.17) is 4.74 Å². The van der Waals surface area contributed by atoms with Crippen LogP contribution in [0.5, 0.6) is 0 Å². The van der Waals surface area contributed by atoms with Crippen molar-refractivity contribution in [3.63, 3.8) is 0 Å². The van der Waals surface area contributed by atoms with Crippen LogP contribution in [0.1, 0.15) is 28.9 Å². The van der Waals surface area contributed by atoms with E-state index in [0.29, 0.717) is 51.6 Å². The number of ether oxygens (including phenoxy) is 1. The number of hydrogen-bond donors (Lipinski definition) is 0. The molecular weight excluding hydrogens is 358 g/mol. The maximum absolute atomic E-state index is 12.9. The van der Waals surface area contributed by atoms with E-state index < -0.39 is 0 Å². The molecule has 0 bridgehead atoms. The lowest BCUT2D eigenvalue weighted by molar-refractivity contribution is -0.141. The van der Waals surface area contributed by atoms with Crippen LogP contribution in [0, 0.1) is 5.92 Å². The minimum absolute atomic E-state index is 0.133. The van der Waals surface area contributed by atoms with Crippen LogP contribution in [0.2, 0.25) is 0 Å². The molecule has 1 aromatic heterocycles. The highest BCUT2D eigenvalue weighted by Gasteiger charge is 2.32. The Morgan fingerprint density at radius 3 is 2.64 bits per heavy atom. The van der Waals surface area contributed by atoms with Crippen molar-refractivity contribution in [2.24, 2.45) is 5.92 Å². The molecule has 2 saturated heterocycles. The van der Waals surface area contributed by atoms with Gasteiger partial charge in [0.05, 0.1) is 31.9 Å². The second-order valence-electron chi connectivity index (χ2n) is 7.31. The number of morpholine rings is 1. The lowest BCUT2D eigenvalue weighted by atomic mass is 9.96. The maximum Gasteiger partial charge on any atom is 0.276 e. The Morgan fingerprint density at radius 2 is 1.86 bits per heavy atom. The number of carbonyl (C=O) groups excluding carboxylic acids is 2. The second kappa shape index (κ2) is 8.52. The highest BCUT2D eigenvalue weighted by molar-refractivity contribution is 5.92. The molecule has 2 fully saturated rings. The largest absolute Gasteiger partial charge is 0.378 e. The van der Waals surface area contributed by atoms with Gasteiger partial charge >= 0.3 is 0 Å². The maximum atomic E-state index is 12.9. The first-order chi connectivity index (χ1) is 13.7. The third kappa shape index (κ3) is 4.22. The lowest BCUT2D eigenvalue weighted by Gasteiger charge is -2.35.